The molecule has 1 N–H and O–H groups in total. The normalized spacial score (nSPS) is 20.7. The van der Waals surface area contributed by atoms with Gasteiger partial charge in [0.05, 0.1) is 18.7 Å². The van der Waals surface area contributed by atoms with E-state index in [1.165, 1.54) is 29.2 Å². The summed E-state index contributed by atoms with van der Waals surface area (Å²) >= 11 is 0. The van der Waals surface area contributed by atoms with Crippen LogP contribution < -0.4 is 0 Å². The highest BCUT2D eigenvalue weighted by Gasteiger charge is 2.35. The largest absolute Gasteiger partial charge is 0.393 e. The number of carbonyl (C=O) groups is 1. The molecule has 1 amide bonds. The Morgan fingerprint density at radius 2 is 1.93 bits per heavy atom. The molecule has 9 heteroatoms. The van der Waals surface area contributed by atoms with E-state index < -0.39 is 24.1 Å². The second-order valence-corrected chi connectivity index (χ2v) is 8.10. The van der Waals surface area contributed by atoms with Crippen LogP contribution in [0.25, 0.3) is 0 Å². The SMILES string of the molecule is C[C@@H]1CC[C@@H](n2ncc(C(C)(C)O)n2)CN1C(=O)c1ccccc1CC(F)(F)F. The average Bonchev–Trinajstić information content (AvgIpc) is 3.11. The fraction of sp³-hybridized carbons (Fsp3) is 0.550. The van der Waals surface area contributed by atoms with Crippen LogP contribution in [0.3, 0.4) is 0 Å². The molecule has 1 aliphatic heterocycles. The molecule has 0 aliphatic carbocycles. The van der Waals surface area contributed by atoms with Crippen LogP contribution in [0.1, 0.15) is 61.3 Å². The Balaban J connectivity index is 1.83. The molecule has 1 saturated heterocycles. The van der Waals surface area contributed by atoms with Crippen LogP contribution in [0.2, 0.25) is 0 Å². The van der Waals surface area contributed by atoms with E-state index in [1.807, 2.05) is 6.92 Å². The van der Waals surface area contributed by atoms with Crippen molar-refractivity contribution in [3.63, 3.8) is 0 Å². The summed E-state index contributed by atoms with van der Waals surface area (Å²) in [6, 6.07) is 5.55. The first kappa shape index (κ1) is 21.3. The molecule has 0 spiro atoms. The maximum Gasteiger partial charge on any atom is 0.393 e. The van der Waals surface area contributed by atoms with Crippen LogP contribution in [-0.4, -0.2) is 49.7 Å². The van der Waals surface area contributed by atoms with Crippen molar-refractivity contribution in [2.45, 2.75) is 63.9 Å². The fourth-order valence-corrected chi connectivity index (χ4v) is 3.55. The Labute approximate surface area is 167 Å². The molecule has 0 saturated carbocycles. The summed E-state index contributed by atoms with van der Waals surface area (Å²) < 4.78 is 38.8. The monoisotopic (exact) mass is 410 g/mol. The predicted octanol–water partition coefficient (Wildman–Crippen LogP) is 3.48. The lowest BCUT2D eigenvalue weighted by Crippen LogP contribution is -2.46. The van der Waals surface area contributed by atoms with Gasteiger partial charge in [-0.3, -0.25) is 4.79 Å². The zero-order valence-electron chi connectivity index (χ0n) is 16.6. The van der Waals surface area contributed by atoms with Gasteiger partial charge in [-0.05, 0) is 45.2 Å². The van der Waals surface area contributed by atoms with Gasteiger partial charge in [0.15, 0.2) is 0 Å². The molecule has 1 aliphatic rings. The van der Waals surface area contributed by atoms with Gasteiger partial charge in [-0.2, -0.15) is 28.2 Å². The first-order valence-electron chi connectivity index (χ1n) is 9.56. The minimum Gasteiger partial charge on any atom is -0.384 e. The van der Waals surface area contributed by atoms with Gasteiger partial charge in [-0.15, -0.1) is 0 Å². The molecule has 6 nitrogen and oxygen atoms in total. The number of likely N-dealkylation sites (tertiary alicyclic amines) is 1. The smallest absolute Gasteiger partial charge is 0.384 e. The van der Waals surface area contributed by atoms with E-state index >= 15 is 0 Å². The third kappa shape index (κ3) is 4.95. The number of hydrogen-bond acceptors (Lipinski definition) is 4. The summed E-state index contributed by atoms with van der Waals surface area (Å²) in [5.41, 5.74) is -0.667. The molecule has 2 atom stereocenters. The number of halogens is 3. The molecule has 3 rings (SSSR count). The number of aromatic nitrogens is 3. The third-order valence-electron chi connectivity index (χ3n) is 5.22. The number of aliphatic hydroxyl groups is 1. The van der Waals surface area contributed by atoms with Crippen molar-refractivity contribution >= 4 is 5.91 Å². The summed E-state index contributed by atoms with van der Waals surface area (Å²) in [4.78, 5) is 16.2. The second kappa shape index (κ2) is 7.78. The Bertz CT molecular complexity index is 873. The Hall–Kier alpha value is -2.42. The van der Waals surface area contributed by atoms with Gasteiger partial charge in [-0.1, -0.05) is 18.2 Å². The molecule has 29 heavy (non-hydrogen) atoms. The van der Waals surface area contributed by atoms with Crippen molar-refractivity contribution in [3.8, 4) is 0 Å². The first-order valence-corrected chi connectivity index (χ1v) is 9.56. The highest BCUT2D eigenvalue weighted by molar-refractivity contribution is 5.96. The van der Waals surface area contributed by atoms with Gasteiger partial charge in [0.1, 0.15) is 11.3 Å². The number of piperidine rings is 1. The quantitative estimate of drug-likeness (QED) is 0.838. The molecule has 0 bridgehead atoms. The number of alkyl halides is 3. The number of carbonyl (C=O) groups excluding carboxylic acids is 1. The Morgan fingerprint density at radius 3 is 2.55 bits per heavy atom. The number of amides is 1. The molecular weight excluding hydrogens is 385 g/mol. The van der Waals surface area contributed by atoms with Gasteiger partial charge < -0.3 is 10.0 Å². The topological polar surface area (TPSA) is 71.2 Å². The van der Waals surface area contributed by atoms with E-state index in [0.29, 0.717) is 18.7 Å². The van der Waals surface area contributed by atoms with Crippen LogP contribution in [0.15, 0.2) is 30.5 Å². The molecule has 2 aromatic rings. The van der Waals surface area contributed by atoms with Crippen molar-refractivity contribution < 1.29 is 23.1 Å². The van der Waals surface area contributed by atoms with E-state index in [0.717, 1.165) is 6.42 Å². The van der Waals surface area contributed by atoms with E-state index in [-0.39, 0.29) is 23.2 Å². The molecule has 1 aromatic carbocycles. The third-order valence-corrected chi connectivity index (χ3v) is 5.22. The van der Waals surface area contributed by atoms with Gasteiger partial charge in [0, 0.05) is 18.2 Å². The van der Waals surface area contributed by atoms with Crippen LogP contribution in [0.4, 0.5) is 13.2 Å². The van der Waals surface area contributed by atoms with Crippen LogP contribution in [0.5, 0.6) is 0 Å². The maximum absolute atomic E-state index is 13.1. The molecule has 158 valence electrons. The lowest BCUT2D eigenvalue weighted by Gasteiger charge is -2.38. The Kier molecular flexibility index (Phi) is 5.71. The van der Waals surface area contributed by atoms with Crippen molar-refractivity contribution in [1.82, 2.24) is 19.9 Å². The standard InChI is InChI=1S/C20H25F3N4O2/c1-13-8-9-15(27-24-11-17(25-27)19(2,3)29)12-26(13)18(28)16-7-5-4-6-14(16)10-20(21,22)23/h4-7,11,13,15,29H,8-10,12H2,1-3H3/t13-,15-/m1/s1. The molecule has 0 unspecified atom stereocenters. The van der Waals surface area contributed by atoms with Crippen LogP contribution >= 0.6 is 0 Å². The van der Waals surface area contributed by atoms with Crippen molar-refractivity contribution in [1.29, 1.82) is 0 Å². The highest BCUT2D eigenvalue weighted by Crippen LogP contribution is 2.29. The van der Waals surface area contributed by atoms with Gasteiger partial charge in [0.25, 0.3) is 5.91 Å². The molecule has 2 heterocycles. The average molecular weight is 410 g/mol. The van der Waals surface area contributed by atoms with Crippen molar-refractivity contribution in [2.24, 2.45) is 0 Å². The summed E-state index contributed by atoms with van der Waals surface area (Å²) in [5.74, 6) is -0.420. The molecule has 0 radical (unpaired) electrons. The number of hydrogen-bond donors (Lipinski definition) is 1. The minimum atomic E-state index is -4.39. The number of benzene rings is 1. The summed E-state index contributed by atoms with van der Waals surface area (Å²) in [5, 5.41) is 18.6. The zero-order chi connectivity index (χ0) is 21.4. The fourth-order valence-electron chi connectivity index (χ4n) is 3.55. The molecule has 1 aromatic heterocycles. The minimum absolute atomic E-state index is 0.0270. The summed E-state index contributed by atoms with van der Waals surface area (Å²) in [6.07, 6.45) is -2.63. The molecule has 1 fully saturated rings. The van der Waals surface area contributed by atoms with Gasteiger partial charge in [-0.25, -0.2) is 0 Å². The summed E-state index contributed by atoms with van der Waals surface area (Å²) in [7, 11) is 0. The van der Waals surface area contributed by atoms with E-state index in [9.17, 15) is 23.1 Å². The second-order valence-electron chi connectivity index (χ2n) is 8.10. The van der Waals surface area contributed by atoms with Crippen molar-refractivity contribution in [3.05, 3.63) is 47.3 Å². The maximum atomic E-state index is 13.1. The van der Waals surface area contributed by atoms with Crippen LogP contribution in [-0.2, 0) is 12.0 Å². The van der Waals surface area contributed by atoms with E-state index in [2.05, 4.69) is 10.2 Å². The molecular formula is C20H25F3N4O2. The Morgan fingerprint density at radius 1 is 1.24 bits per heavy atom. The first-order chi connectivity index (χ1) is 13.5. The zero-order valence-corrected chi connectivity index (χ0v) is 16.6. The van der Waals surface area contributed by atoms with Crippen molar-refractivity contribution in [2.75, 3.05) is 6.54 Å². The van der Waals surface area contributed by atoms with Crippen LogP contribution in [0, 0.1) is 0 Å². The lowest BCUT2D eigenvalue weighted by atomic mass is 9.96. The number of rotatable bonds is 4. The van der Waals surface area contributed by atoms with E-state index in [4.69, 9.17) is 0 Å². The predicted molar refractivity (Wildman–Crippen MR) is 100 cm³/mol. The van der Waals surface area contributed by atoms with E-state index in [1.54, 1.807) is 24.8 Å². The highest BCUT2D eigenvalue weighted by atomic mass is 19.4. The lowest BCUT2D eigenvalue weighted by molar-refractivity contribution is -0.127. The summed E-state index contributed by atoms with van der Waals surface area (Å²) in [6.45, 7) is 5.40. The van der Waals surface area contributed by atoms with Gasteiger partial charge >= 0.3 is 6.18 Å². The van der Waals surface area contributed by atoms with Gasteiger partial charge in [0.2, 0.25) is 0 Å². The number of nitrogens with zero attached hydrogens (tertiary/aromatic N) is 4.